The van der Waals surface area contributed by atoms with Crippen LogP contribution in [-0.4, -0.2) is 58.9 Å². The van der Waals surface area contributed by atoms with Crippen LogP contribution in [0.3, 0.4) is 0 Å². The minimum absolute atomic E-state index is 0.128. The summed E-state index contributed by atoms with van der Waals surface area (Å²) < 4.78 is 39.8. The van der Waals surface area contributed by atoms with E-state index >= 15 is 0 Å². The lowest BCUT2D eigenvalue weighted by Crippen LogP contribution is -2.40. The summed E-state index contributed by atoms with van der Waals surface area (Å²) in [6.45, 7) is 2.34. The van der Waals surface area contributed by atoms with Crippen molar-refractivity contribution in [1.29, 1.82) is 0 Å². The SMILES string of the molecule is CCCCNC(=O)CN1C(=O)SC(=C2CCN(C(=O)c3ccccc3C(F)(F)F)CC2)C1=O. The number of likely N-dealkylation sites (tertiary alicyclic amines) is 1. The molecule has 0 saturated carbocycles. The maximum absolute atomic E-state index is 13.3. The van der Waals surface area contributed by atoms with Crippen LogP contribution in [0.2, 0.25) is 0 Å². The Bertz CT molecular complexity index is 983. The Morgan fingerprint density at radius 2 is 1.79 bits per heavy atom. The summed E-state index contributed by atoms with van der Waals surface area (Å²) in [6, 6.07) is 4.63. The summed E-state index contributed by atoms with van der Waals surface area (Å²) in [7, 11) is 0. The van der Waals surface area contributed by atoms with Crippen LogP contribution in [0.1, 0.15) is 48.5 Å². The normalized spacial score (nSPS) is 17.1. The third-order valence-corrected chi connectivity index (χ3v) is 6.50. The Labute approximate surface area is 193 Å². The highest BCUT2D eigenvalue weighted by Crippen LogP contribution is 2.37. The quantitative estimate of drug-likeness (QED) is 0.491. The van der Waals surface area contributed by atoms with Crippen molar-refractivity contribution in [2.75, 3.05) is 26.2 Å². The first kappa shape index (κ1) is 24.8. The molecule has 4 amide bonds. The maximum Gasteiger partial charge on any atom is 0.417 e. The van der Waals surface area contributed by atoms with Crippen molar-refractivity contribution in [3.8, 4) is 0 Å². The van der Waals surface area contributed by atoms with E-state index in [-0.39, 0.29) is 37.4 Å². The minimum Gasteiger partial charge on any atom is -0.355 e. The molecule has 0 radical (unpaired) electrons. The lowest BCUT2D eigenvalue weighted by atomic mass is 10.0. The minimum atomic E-state index is -4.64. The molecule has 0 aromatic heterocycles. The van der Waals surface area contributed by atoms with Gasteiger partial charge in [0.1, 0.15) is 6.54 Å². The largest absolute Gasteiger partial charge is 0.417 e. The standard InChI is InChI=1S/C22H24F3N3O4S/c1-2-3-10-26-17(29)13-28-20(31)18(33-21(28)32)14-8-11-27(12-9-14)19(30)15-6-4-5-7-16(15)22(23,24)25/h4-7H,2-3,8-13H2,1H3,(H,26,29). The van der Waals surface area contributed by atoms with Gasteiger partial charge in [-0.25, -0.2) is 0 Å². The molecule has 2 aliphatic heterocycles. The highest BCUT2D eigenvalue weighted by molar-refractivity contribution is 8.18. The molecule has 3 rings (SSSR count). The number of halogens is 3. The molecule has 178 valence electrons. The summed E-state index contributed by atoms with van der Waals surface area (Å²) in [5, 5.41) is 2.12. The summed E-state index contributed by atoms with van der Waals surface area (Å²) in [6.07, 6.45) is -2.43. The van der Waals surface area contributed by atoms with Gasteiger partial charge in [-0.1, -0.05) is 25.5 Å². The Kier molecular flexibility index (Phi) is 7.83. The second-order valence-corrected chi connectivity index (χ2v) is 8.69. The summed E-state index contributed by atoms with van der Waals surface area (Å²) >= 11 is 0.755. The number of hydrogen-bond donors (Lipinski definition) is 1. The fraction of sp³-hybridized carbons (Fsp3) is 0.455. The molecule has 7 nitrogen and oxygen atoms in total. The molecule has 1 N–H and O–H groups in total. The van der Waals surface area contributed by atoms with Crippen molar-refractivity contribution in [2.24, 2.45) is 0 Å². The van der Waals surface area contributed by atoms with E-state index in [9.17, 15) is 32.3 Å². The number of nitrogens with zero attached hydrogens (tertiary/aromatic N) is 2. The zero-order chi connectivity index (χ0) is 24.2. The monoisotopic (exact) mass is 483 g/mol. The van der Waals surface area contributed by atoms with Crippen molar-refractivity contribution in [2.45, 2.75) is 38.8 Å². The number of rotatable bonds is 6. The zero-order valence-electron chi connectivity index (χ0n) is 18.0. The fourth-order valence-corrected chi connectivity index (χ4v) is 4.63. The Morgan fingerprint density at radius 3 is 2.42 bits per heavy atom. The van der Waals surface area contributed by atoms with Gasteiger partial charge in [-0.2, -0.15) is 13.2 Å². The first-order chi connectivity index (χ1) is 15.6. The summed E-state index contributed by atoms with van der Waals surface area (Å²) in [5.41, 5.74) is -0.734. The molecule has 0 atom stereocenters. The average Bonchev–Trinajstić information content (AvgIpc) is 3.06. The number of carbonyl (C=O) groups is 4. The van der Waals surface area contributed by atoms with Crippen LogP contribution in [0.5, 0.6) is 0 Å². The van der Waals surface area contributed by atoms with Gasteiger partial charge >= 0.3 is 6.18 Å². The number of alkyl halides is 3. The van der Waals surface area contributed by atoms with Crippen LogP contribution < -0.4 is 5.32 Å². The number of carbonyl (C=O) groups excluding carboxylic acids is 4. The Hall–Kier alpha value is -2.82. The van der Waals surface area contributed by atoms with Crippen LogP contribution in [0.4, 0.5) is 18.0 Å². The van der Waals surface area contributed by atoms with Crippen LogP contribution in [0, 0.1) is 0 Å². The van der Waals surface area contributed by atoms with E-state index in [0.29, 0.717) is 12.1 Å². The Morgan fingerprint density at radius 1 is 1.12 bits per heavy atom. The third kappa shape index (κ3) is 5.76. The van der Waals surface area contributed by atoms with E-state index in [4.69, 9.17) is 0 Å². The highest BCUT2D eigenvalue weighted by Gasteiger charge is 2.40. The van der Waals surface area contributed by atoms with E-state index in [1.807, 2.05) is 6.92 Å². The molecule has 11 heteroatoms. The molecule has 2 saturated heterocycles. The summed E-state index contributed by atoms with van der Waals surface area (Å²) in [5.74, 6) is -1.69. The van der Waals surface area contributed by atoms with Gasteiger partial charge < -0.3 is 10.2 Å². The highest BCUT2D eigenvalue weighted by atomic mass is 32.2. The molecule has 33 heavy (non-hydrogen) atoms. The van der Waals surface area contributed by atoms with E-state index < -0.39 is 40.3 Å². The molecule has 1 aromatic rings. The van der Waals surface area contributed by atoms with Crippen molar-refractivity contribution in [3.63, 3.8) is 0 Å². The van der Waals surface area contributed by atoms with Gasteiger partial charge in [0.2, 0.25) is 5.91 Å². The predicted octanol–water partition coefficient (Wildman–Crippen LogP) is 3.81. The molecular formula is C22H24F3N3O4S. The number of imide groups is 1. The van der Waals surface area contributed by atoms with Gasteiger partial charge in [0.05, 0.1) is 16.0 Å². The van der Waals surface area contributed by atoms with E-state index in [2.05, 4.69) is 5.32 Å². The number of hydrogen-bond acceptors (Lipinski definition) is 5. The molecule has 1 aromatic carbocycles. The van der Waals surface area contributed by atoms with Crippen LogP contribution in [0.25, 0.3) is 0 Å². The number of piperidine rings is 1. The average molecular weight is 484 g/mol. The first-order valence-electron chi connectivity index (χ1n) is 10.6. The third-order valence-electron chi connectivity index (χ3n) is 5.44. The number of unbranched alkanes of at least 4 members (excludes halogenated alkanes) is 1. The van der Waals surface area contributed by atoms with Gasteiger partial charge in [-0.05, 0) is 48.7 Å². The molecule has 2 heterocycles. The lowest BCUT2D eigenvalue weighted by molar-refractivity contribution is -0.138. The van der Waals surface area contributed by atoms with Crippen LogP contribution in [-0.2, 0) is 15.8 Å². The lowest BCUT2D eigenvalue weighted by Gasteiger charge is -2.29. The van der Waals surface area contributed by atoms with E-state index in [0.717, 1.165) is 41.6 Å². The summed E-state index contributed by atoms with van der Waals surface area (Å²) in [4.78, 5) is 52.2. The smallest absolute Gasteiger partial charge is 0.355 e. The number of thioether (sulfide) groups is 1. The van der Waals surface area contributed by atoms with Gasteiger partial charge in [-0.3, -0.25) is 24.1 Å². The molecule has 0 aliphatic carbocycles. The molecule has 2 fully saturated rings. The van der Waals surface area contributed by atoms with Crippen LogP contribution in [0.15, 0.2) is 34.7 Å². The van der Waals surface area contributed by atoms with Gasteiger partial charge in [0.25, 0.3) is 17.1 Å². The molecule has 0 bridgehead atoms. The zero-order valence-corrected chi connectivity index (χ0v) is 18.9. The van der Waals surface area contributed by atoms with Gasteiger partial charge in [0, 0.05) is 19.6 Å². The number of benzene rings is 1. The maximum atomic E-state index is 13.3. The fourth-order valence-electron chi connectivity index (χ4n) is 3.65. The van der Waals surface area contributed by atoms with Crippen molar-refractivity contribution < 1.29 is 32.3 Å². The van der Waals surface area contributed by atoms with Gasteiger partial charge in [0.15, 0.2) is 0 Å². The number of amides is 4. The topological polar surface area (TPSA) is 86.8 Å². The first-order valence-corrected chi connectivity index (χ1v) is 11.4. The second-order valence-electron chi connectivity index (χ2n) is 7.73. The van der Waals surface area contributed by atoms with E-state index in [1.54, 1.807) is 0 Å². The second kappa shape index (κ2) is 10.4. The van der Waals surface area contributed by atoms with Crippen molar-refractivity contribution in [1.82, 2.24) is 15.1 Å². The molecule has 0 unspecified atom stereocenters. The van der Waals surface area contributed by atoms with Crippen molar-refractivity contribution >= 4 is 34.7 Å². The van der Waals surface area contributed by atoms with Crippen LogP contribution >= 0.6 is 11.8 Å². The van der Waals surface area contributed by atoms with E-state index in [1.165, 1.54) is 17.0 Å². The predicted molar refractivity (Wildman–Crippen MR) is 116 cm³/mol. The molecule has 2 aliphatic rings. The molecular weight excluding hydrogens is 459 g/mol. The molecule has 0 spiro atoms. The number of nitrogens with one attached hydrogen (secondary N) is 1. The van der Waals surface area contributed by atoms with Crippen molar-refractivity contribution in [3.05, 3.63) is 45.9 Å². The van der Waals surface area contributed by atoms with Gasteiger partial charge in [-0.15, -0.1) is 0 Å². The Balaban J connectivity index is 1.65.